The van der Waals surface area contributed by atoms with E-state index in [9.17, 15) is 19.7 Å². The molecule has 1 saturated carbocycles. The van der Waals surface area contributed by atoms with Crippen molar-refractivity contribution in [1.29, 1.82) is 0 Å². The molecule has 3 rings (SSSR count). The maximum atomic E-state index is 12.4. The highest BCUT2D eigenvalue weighted by Gasteiger charge is 2.27. The van der Waals surface area contributed by atoms with E-state index in [2.05, 4.69) is 10.4 Å². The summed E-state index contributed by atoms with van der Waals surface area (Å²) in [5, 5.41) is 27.1. The van der Waals surface area contributed by atoms with Crippen LogP contribution in [0.4, 0.5) is 5.69 Å². The minimum absolute atomic E-state index is 0.0886. The van der Waals surface area contributed by atoms with E-state index < -0.39 is 10.9 Å². The minimum atomic E-state index is -0.794. The quantitative estimate of drug-likeness (QED) is 0.623. The van der Waals surface area contributed by atoms with Crippen LogP contribution in [0, 0.1) is 16.0 Å². The lowest BCUT2D eigenvalue weighted by molar-refractivity contribution is -0.384. The highest BCUT2D eigenvalue weighted by atomic mass is 16.6. The third kappa shape index (κ3) is 3.71. The van der Waals surface area contributed by atoms with Gasteiger partial charge < -0.3 is 10.4 Å². The lowest BCUT2D eigenvalue weighted by Crippen LogP contribution is -2.38. The van der Waals surface area contributed by atoms with Gasteiger partial charge in [0, 0.05) is 18.3 Å². The summed E-state index contributed by atoms with van der Waals surface area (Å²) in [6.45, 7) is 0. The monoisotopic (exact) mass is 358 g/mol. The average molecular weight is 358 g/mol. The fourth-order valence-electron chi connectivity index (χ4n) is 3.14. The van der Waals surface area contributed by atoms with Gasteiger partial charge in [0.15, 0.2) is 5.69 Å². The Morgan fingerprint density at radius 1 is 1.19 bits per heavy atom. The molecule has 2 N–H and O–H groups in total. The average Bonchev–Trinajstić information content (AvgIpc) is 3.12. The first-order valence-electron chi connectivity index (χ1n) is 8.29. The number of aliphatic carboxylic acids is 1. The summed E-state index contributed by atoms with van der Waals surface area (Å²) < 4.78 is 1.30. The Hall–Kier alpha value is -3.23. The second kappa shape index (κ2) is 7.34. The van der Waals surface area contributed by atoms with Crippen molar-refractivity contribution in [3.8, 4) is 5.69 Å². The number of hydrogen-bond acceptors (Lipinski definition) is 5. The molecule has 1 aromatic carbocycles. The number of carbonyl (C=O) groups excluding carboxylic acids is 1. The summed E-state index contributed by atoms with van der Waals surface area (Å²) in [5.41, 5.74) is 0.330. The number of carboxylic acids is 1. The van der Waals surface area contributed by atoms with Gasteiger partial charge in [0.1, 0.15) is 5.69 Å². The fraction of sp³-hybridized carbons (Fsp3) is 0.353. The highest BCUT2D eigenvalue weighted by molar-refractivity contribution is 5.92. The molecule has 136 valence electrons. The van der Waals surface area contributed by atoms with Crippen LogP contribution in [0.15, 0.2) is 36.5 Å². The third-order valence-corrected chi connectivity index (χ3v) is 4.56. The van der Waals surface area contributed by atoms with Crippen LogP contribution in [0.1, 0.15) is 36.2 Å². The zero-order chi connectivity index (χ0) is 18.7. The van der Waals surface area contributed by atoms with Crippen LogP contribution in [0.2, 0.25) is 0 Å². The fourth-order valence-corrected chi connectivity index (χ4v) is 3.14. The van der Waals surface area contributed by atoms with Gasteiger partial charge >= 0.3 is 5.97 Å². The number of hydrogen-bond donors (Lipinski definition) is 2. The number of nitrogens with zero attached hydrogens (tertiary/aromatic N) is 3. The van der Waals surface area contributed by atoms with Crippen LogP contribution in [0.3, 0.4) is 0 Å². The number of nitro benzene ring substituents is 1. The lowest BCUT2D eigenvalue weighted by Gasteiger charge is -2.26. The van der Waals surface area contributed by atoms with Gasteiger partial charge in [-0.1, -0.05) is 12.1 Å². The summed E-state index contributed by atoms with van der Waals surface area (Å²) in [6, 6.07) is 7.55. The number of nitro groups is 1. The van der Waals surface area contributed by atoms with Crippen molar-refractivity contribution < 1.29 is 19.6 Å². The van der Waals surface area contributed by atoms with Crippen molar-refractivity contribution >= 4 is 17.6 Å². The number of carbonyl (C=O) groups is 2. The standard InChI is InChI=1S/C17H18N4O5/c22-16(18-12-7-5-11(6-8-12)17(23)24)13-9-10-20(19-13)14-3-1-2-4-15(14)21(25)26/h1-4,9-12H,5-8H2,(H,18,22)(H,23,24). The van der Waals surface area contributed by atoms with Gasteiger partial charge in [-0.15, -0.1) is 0 Å². The molecular weight excluding hydrogens is 340 g/mol. The number of amides is 1. The summed E-state index contributed by atoms with van der Waals surface area (Å²) >= 11 is 0. The van der Waals surface area contributed by atoms with Crippen molar-refractivity contribution in [2.24, 2.45) is 5.92 Å². The zero-order valence-corrected chi connectivity index (χ0v) is 13.9. The number of aromatic nitrogens is 2. The third-order valence-electron chi connectivity index (χ3n) is 4.56. The first kappa shape index (κ1) is 17.6. The van der Waals surface area contributed by atoms with E-state index in [0.717, 1.165) is 0 Å². The first-order valence-corrected chi connectivity index (χ1v) is 8.29. The van der Waals surface area contributed by atoms with Gasteiger partial charge in [0.2, 0.25) is 0 Å². The molecule has 0 spiro atoms. The number of nitrogens with one attached hydrogen (secondary N) is 1. The molecule has 1 heterocycles. The van der Waals surface area contributed by atoms with Crippen molar-refractivity contribution in [3.63, 3.8) is 0 Å². The minimum Gasteiger partial charge on any atom is -0.481 e. The summed E-state index contributed by atoms with van der Waals surface area (Å²) in [5.74, 6) is -1.51. The Morgan fingerprint density at radius 2 is 1.88 bits per heavy atom. The van der Waals surface area contributed by atoms with E-state index in [1.807, 2.05) is 0 Å². The Bertz CT molecular complexity index is 839. The van der Waals surface area contributed by atoms with Crippen molar-refractivity contribution in [3.05, 3.63) is 52.3 Å². The van der Waals surface area contributed by atoms with E-state index in [0.29, 0.717) is 25.7 Å². The van der Waals surface area contributed by atoms with Crippen LogP contribution in [-0.4, -0.2) is 37.7 Å². The molecule has 0 saturated heterocycles. The second-order valence-electron chi connectivity index (χ2n) is 6.25. The van der Waals surface area contributed by atoms with Gasteiger partial charge in [-0.2, -0.15) is 5.10 Å². The first-order chi connectivity index (χ1) is 12.5. The predicted molar refractivity (Wildman–Crippen MR) is 91.1 cm³/mol. The normalized spacial score (nSPS) is 19.7. The zero-order valence-electron chi connectivity index (χ0n) is 13.9. The Balaban J connectivity index is 1.68. The maximum absolute atomic E-state index is 12.4. The summed E-state index contributed by atoms with van der Waals surface area (Å²) in [4.78, 5) is 33.9. The molecule has 1 amide bonds. The Morgan fingerprint density at radius 3 is 2.54 bits per heavy atom. The van der Waals surface area contributed by atoms with Crippen molar-refractivity contribution in [1.82, 2.24) is 15.1 Å². The molecule has 2 aromatic rings. The molecule has 1 aliphatic carbocycles. The largest absolute Gasteiger partial charge is 0.481 e. The molecule has 0 atom stereocenters. The highest BCUT2D eigenvalue weighted by Crippen LogP contribution is 2.25. The molecule has 9 nitrogen and oxygen atoms in total. The maximum Gasteiger partial charge on any atom is 0.306 e. The van der Waals surface area contributed by atoms with Crippen molar-refractivity contribution in [2.75, 3.05) is 0 Å². The van der Waals surface area contributed by atoms with Crippen LogP contribution >= 0.6 is 0 Å². The van der Waals surface area contributed by atoms with E-state index in [4.69, 9.17) is 5.11 Å². The van der Waals surface area contributed by atoms with Crippen LogP contribution in [-0.2, 0) is 4.79 Å². The van der Waals surface area contributed by atoms with Gasteiger partial charge in [-0.3, -0.25) is 19.7 Å². The van der Waals surface area contributed by atoms with Crippen LogP contribution in [0.5, 0.6) is 0 Å². The molecule has 1 aromatic heterocycles. The molecule has 0 bridgehead atoms. The SMILES string of the molecule is O=C(NC1CCC(C(=O)O)CC1)c1ccn(-c2ccccc2[N+](=O)[O-])n1. The van der Waals surface area contributed by atoms with Crippen LogP contribution < -0.4 is 5.32 Å². The molecule has 0 aliphatic heterocycles. The lowest BCUT2D eigenvalue weighted by atomic mass is 9.86. The predicted octanol–water partition coefficient (Wildman–Crippen LogP) is 2.15. The molecule has 26 heavy (non-hydrogen) atoms. The molecular formula is C17H18N4O5. The molecule has 9 heteroatoms. The van der Waals surface area contributed by atoms with E-state index >= 15 is 0 Å². The Kier molecular flexibility index (Phi) is 4.97. The van der Waals surface area contributed by atoms with Gasteiger partial charge in [0.25, 0.3) is 11.6 Å². The molecule has 0 unspecified atom stereocenters. The van der Waals surface area contributed by atoms with Gasteiger partial charge in [-0.05, 0) is 37.8 Å². The number of para-hydroxylation sites is 2. The van der Waals surface area contributed by atoms with E-state index in [1.54, 1.807) is 18.2 Å². The van der Waals surface area contributed by atoms with E-state index in [-0.39, 0.29) is 34.9 Å². The smallest absolute Gasteiger partial charge is 0.306 e. The summed E-state index contributed by atoms with van der Waals surface area (Å²) in [6.07, 6.45) is 3.77. The van der Waals surface area contributed by atoms with E-state index in [1.165, 1.54) is 23.0 Å². The van der Waals surface area contributed by atoms with Gasteiger partial charge in [-0.25, -0.2) is 4.68 Å². The second-order valence-corrected chi connectivity index (χ2v) is 6.25. The molecule has 1 aliphatic rings. The van der Waals surface area contributed by atoms with Crippen molar-refractivity contribution in [2.45, 2.75) is 31.7 Å². The number of rotatable bonds is 5. The Labute approximate surface area is 148 Å². The van der Waals surface area contributed by atoms with Gasteiger partial charge in [0.05, 0.1) is 10.8 Å². The number of carboxylic acid groups (broad SMARTS) is 1. The number of benzene rings is 1. The molecule has 0 radical (unpaired) electrons. The van der Waals surface area contributed by atoms with Crippen LogP contribution in [0.25, 0.3) is 5.69 Å². The molecule has 1 fully saturated rings. The summed E-state index contributed by atoms with van der Waals surface area (Å²) in [7, 11) is 0. The topological polar surface area (TPSA) is 127 Å².